The van der Waals surface area contributed by atoms with Crippen LogP contribution in [0.5, 0.6) is 0 Å². The van der Waals surface area contributed by atoms with Gasteiger partial charge in [0.15, 0.2) is 5.84 Å². The average molecular weight is 295 g/mol. The minimum absolute atomic E-state index is 0.0561. The molecular formula is C16H29N3O2. The number of rotatable bonds is 3. The lowest BCUT2D eigenvalue weighted by atomic mass is 9.63. The van der Waals surface area contributed by atoms with Gasteiger partial charge in [-0.3, -0.25) is 4.79 Å². The largest absolute Gasteiger partial charge is 0.409 e. The zero-order chi connectivity index (χ0) is 15.9. The number of carbonyl (C=O) groups is 1. The quantitative estimate of drug-likeness (QED) is 0.324. The number of hydrogen-bond acceptors (Lipinski definition) is 3. The second kappa shape index (κ2) is 5.18. The number of nitrogens with one attached hydrogen (secondary N) is 1. The van der Waals surface area contributed by atoms with Gasteiger partial charge < -0.3 is 16.3 Å². The summed E-state index contributed by atoms with van der Waals surface area (Å²) in [6.07, 6.45) is 5.42. The lowest BCUT2D eigenvalue weighted by molar-refractivity contribution is -0.132. The molecule has 1 amide bonds. The molecule has 2 aliphatic rings. The highest BCUT2D eigenvalue weighted by Crippen LogP contribution is 2.47. The first-order valence-electron chi connectivity index (χ1n) is 7.89. The second-order valence-corrected chi connectivity index (χ2v) is 8.50. The van der Waals surface area contributed by atoms with Crippen molar-refractivity contribution in [3.63, 3.8) is 0 Å². The molecule has 0 aliphatic heterocycles. The van der Waals surface area contributed by atoms with Gasteiger partial charge in [-0.2, -0.15) is 0 Å². The van der Waals surface area contributed by atoms with E-state index < -0.39 is 5.41 Å². The third-order valence-corrected chi connectivity index (χ3v) is 5.13. The summed E-state index contributed by atoms with van der Waals surface area (Å²) in [7, 11) is 0. The number of carbonyl (C=O) groups excluding carboxylic acids is 1. The third-order valence-electron chi connectivity index (χ3n) is 5.13. The highest BCUT2D eigenvalue weighted by atomic mass is 16.4. The normalized spacial score (nSPS) is 27.7. The summed E-state index contributed by atoms with van der Waals surface area (Å²) in [5, 5.41) is 15.2. The molecule has 21 heavy (non-hydrogen) atoms. The second-order valence-electron chi connectivity index (χ2n) is 8.50. The Morgan fingerprint density at radius 2 is 1.71 bits per heavy atom. The molecule has 120 valence electrons. The van der Waals surface area contributed by atoms with Crippen LogP contribution in [0.15, 0.2) is 5.16 Å². The van der Waals surface area contributed by atoms with Crippen molar-refractivity contribution in [3.8, 4) is 0 Å². The van der Waals surface area contributed by atoms with Gasteiger partial charge in [0.05, 0.1) is 0 Å². The summed E-state index contributed by atoms with van der Waals surface area (Å²) in [4.78, 5) is 12.7. The Morgan fingerprint density at radius 3 is 2.10 bits per heavy atom. The molecule has 0 heterocycles. The first-order valence-corrected chi connectivity index (χ1v) is 7.89. The smallest absolute Gasteiger partial charge is 0.234 e. The number of nitrogens with two attached hydrogens (primary N) is 1. The Bertz CT molecular complexity index is 434. The fourth-order valence-corrected chi connectivity index (χ4v) is 4.50. The van der Waals surface area contributed by atoms with Gasteiger partial charge in [0.2, 0.25) is 5.91 Å². The predicted molar refractivity (Wildman–Crippen MR) is 83.0 cm³/mol. The van der Waals surface area contributed by atoms with Crippen LogP contribution >= 0.6 is 0 Å². The van der Waals surface area contributed by atoms with Crippen molar-refractivity contribution >= 4 is 11.7 Å². The molecule has 5 heteroatoms. The molecule has 2 rings (SSSR count). The Labute approximate surface area is 127 Å². The summed E-state index contributed by atoms with van der Waals surface area (Å²) in [6.45, 7) is 9.04. The molecule has 2 fully saturated rings. The van der Waals surface area contributed by atoms with Gasteiger partial charge in [0.1, 0.15) is 5.41 Å². The summed E-state index contributed by atoms with van der Waals surface area (Å²) in [5.41, 5.74) is 5.44. The van der Waals surface area contributed by atoms with E-state index in [2.05, 4.69) is 38.2 Å². The Balaban J connectivity index is 2.09. The van der Waals surface area contributed by atoms with Crippen LogP contribution in [-0.4, -0.2) is 23.0 Å². The van der Waals surface area contributed by atoms with E-state index in [0.717, 1.165) is 25.7 Å². The molecule has 0 unspecified atom stereocenters. The number of nitrogens with zero attached hydrogens (tertiary/aromatic N) is 1. The van der Waals surface area contributed by atoms with Gasteiger partial charge in [0, 0.05) is 6.04 Å². The van der Waals surface area contributed by atoms with E-state index in [1.165, 1.54) is 0 Å². The van der Waals surface area contributed by atoms with Crippen molar-refractivity contribution in [3.05, 3.63) is 0 Å². The Kier molecular flexibility index (Phi) is 3.98. The van der Waals surface area contributed by atoms with E-state index >= 15 is 0 Å². The van der Waals surface area contributed by atoms with Crippen LogP contribution in [0.3, 0.4) is 0 Å². The van der Waals surface area contributed by atoms with Gasteiger partial charge in [-0.05, 0) is 42.9 Å². The maximum absolute atomic E-state index is 12.7. The molecule has 2 aliphatic carbocycles. The van der Waals surface area contributed by atoms with E-state index in [1.807, 2.05) is 0 Å². The fraction of sp³-hybridized carbons (Fsp3) is 0.875. The molecule has 2 saturated carbocycles. The van der Waals surface area contributed by atoms with Crippen LogP contribution in [0.2, 0.25) is 0 Å². The summed E-state index contributed by atoms with van der Waals surface area (Å²) in [6, 6.07) is 0.167. The average Bonchev–Trinajstić information content (AvgIpc) is 2.22. The van der Waals surface area contributed by atoms with Crippen LogP contribution in [0.4, 0.5) is 0 Å². The molecule has 0 aromatic carbocycles. The van der Waals surface area contributed by atoms with Crippen LogP contribution in [0, 0.1) is 16.2 Å². The summed E-state index contributed by atoms with van der Waals surface area (Å²) < 4.78 is 0. The van der Waals surface area contributed by atoms with E-state index in [4.69, 9.17) is 10.9 Å². The molecule has 5 nitrogen and oxygen atoms in total. The number of amidine groups is 1. The highest BCUT2D eigenvalue weighted by molar-refractivity contribution is 6.07. The standard InChI is InChI=1S/C16H29N3O2/c1-14(2)8-11(9-15(3,4)10-14)18-13(20)16(6-5-7-16)12(17)19-21/h11,21H,5-10H2,1-4H3,(H2,17,19)(H,18,20). The lowest BCUT2D eigenvalue weighted by Gasteiger charge is -2.47. The maximum Gasteiger partial charge on any atom is 0.234 e. The van der Waals surface area contributed by atoms with E-state index in [9.17, 15) is 4.79 Å². The van der Waals surface area contributed by atoms with Gasteiger partial charge >= 0.3 is 0 Å². The van der Waals surface area contributed by atoms with Gasteiger partial charge in [-0.25, -0.2) is 0 Å². The molecule has 0 bridgehead atoms. The molecular weight excluding hydrogens is 266 g/mol. The topological polar surface area (TPSA) is 87.7 Å². The molecule has 0 spiro atoms. The molecule has 0 aromatic rings. The van der Waals surface area contributed by atoms with Crippen molar-refractivity contribution in [1.82, 2.24) is 5.32 Å². The number of amides is 1. The van der Waals surface area contributed by atoms with Crippen molar-refractivity contribution in [2.24, 2.45) is 27.1 Å². The van der Waals surface area contributed by atoms with Crippen LogP contribution < -0.4 is 11.1 Å². The molecule has 0 aromatic heterocycles. The first kappa shape index (κ1) is 16.1. The fourth-order valence-electron chi connectivity index (χ4n) is 4.50. The van der Waals surface area contributed by atoms with Gasteiger partial charge in [0.25, 0.3) is 0 Å². The number of hydrogen-bond donors (Lipinski definition) is 3. The van der Waals surface area contributed by atoms with E-state index in [0.29, 0.717) is 12.8 Å². The zero-order valence-corrected chi connectivity index (χ0v) is 13.7. The minimum atomic E-state index is -0.777. The van der Waals surface area contributed by atoms with Gasteiger partial charge in [-0.15, -0.1) is 0 Å². The maximum atomic E-state index is 12.7. The molecule has 4 N–H and O–H groups in total. The summed E-state index contributed by atoms with van der Waals surface area (Å²) in [5.74, 6) is -0.0110. The monoisotopic (exact) mass is 295 g/mol. The molecule has 0 radical (unpaired) electrons. The SMILES string of the molecule is CC1(C)CC(NC(=O)C2(C(N)=NO)CCC2)CC(C)(C)C1. The van der Waals surface area contributed by atoms with E-state index in [1.54, 1.807) is 0 Å². The zero-order valence-electron chi connectivity index (χ0n) is 13.7. The van der Waals surface area contributed by atoms with E-state index in [-0.39, 0.29) is 28.6 Å². The minimum Gasteiger partial charge on any atom is -0.409 e. The third kappa shape index (κ3) is 3.16. The lowest BCUT2D eigenvalue weighted by Crippen LogP contribution is -2.57. The van der Waals surface area contributed by atoms with Crippen LogP contribution in [0.1, 0.15) is 66.2 Å². The summed E-state index contributed by atoms with van der Waals surface area (Å²) >= 11 is 0. The van der Waals surface area contributed by atoms with Crippen LogP contribution in [0.25, 0.3) is 0 Å². The Morgan fingerprint density at radius 1 is 1.19 bits per heavy atom. The number of oxime groups is 1. The predicted octanol–water partition coefficient (Wildman–Crippen LogP) is 2.62. The van der Waals surface area contributed by atoms with Crippen molar-refractivity contribution in [2.45, 2.75) is 72.3 Å². The molecule has 0 atom stereocenters. The Hall–Kier alpha value is -1.26. The van der Waals surface area contributed by atoms with Gasteiger partial charge in [-0.1, -0.05) is 39.3 Å². The van der Waals surface area contributed by atoms with Crippen molar-refractivity contribution in [1.29, 1.82) is 0 Å². The highest BCUT2D eigenvalue weighted by Gasteiger charge is 2.49. The van der Waals surface area contributed by atoms with Crippen molar-refractivity contribution in [2.75, 3.05) is 0 Å². The van der Waals surface area contributed by atoms with Crippen LogP contribution in [-0.2, 0) is 4.79 Å². The molecule has 0 saturated heterocycles. The van der Waals surface area contributed by atoms with Crippen molar-refractivity contribution < 1.29 is 10.0 Å². The first-order chi connectivity index (χ1) is 9.60.